The number of rotatable bonds is 20. The van der Waals surface area contributed by atoms with E-state index in [0.29, 0.717) is 13.0 Å². The number of carbonyl (C=O) groups is 1. The molecule has 4 heteroatoms. The third kappa shape index (κ3) is 21.5. The van der Waals surface area contributed by atoms with Crippen LogP contribution in [0.3, 0.4) is 0 Å². The van der Waals surface area contributed by atoms with E-state index in [9.17, 15) is 4.79 Å². The van der Waals surface area contributed by atoms with Crippen molar-refractivity contribution in [2.75, 3.05) is 13.2 Å². The van der Waals surface area contributed by atoms with Crippen LogP contribution in [0.4, 0.5) is 0 Å². The molecule has 0 saturated carbocycles. The SMILES string of the molecule is O=C(O)CCCCCCCCCCCCCCCCCOCC=S. The first kappa shape index (κ1) is 23.5. The summed E-state index contributed by atoms with van der Waals surface area (Å²) in [6.07, 6.45) is 19.4. The van der Waals surface area contributed by atoms with Gasteiger partial charge < -0.3 is 9.84 Å². The topological polar surface area (TPSA) is 46.5 Å². The van der Waals surface area contributed by atoms with Crippen molar-refractivity contribution in [3.05, 3.63) is 0 Å². The van der Waals surface area contributed by atoms with E-state index < -0.39 is 5.97 Å². The zero-order chi connectivity index (χ0) is 17.7. The van der Waals surface area contributed by atoms with E-state index in [1.807, 2.05) is 0 Å². The van der Waals surface area contributed by atoms with Crippen molar-refractivity contribution >= 4 is 23.6 Å². The lowest BCUT2D eigenvalue weighted by Gasteiger charge is -2.04. The van der Waals surface area contributed by atoms with Crippen LogP contribution in [0.25, 0.3) is 0 Å². The molecule has 24 heavy (non-hydrogen) atoms. The number of thiocarbonyl (C=S) groups is 1. The van der Waals surface area contributed by atoms with Gasteiger partial charge in [-0.25, -0.2) is 0 Å². The number of unbranched alkanes of at least 4 members (excludes halogenated alkanes) is 14. The molecule has 0 atom stereocenters. The normalized spacial score (nSPS) is 10.8. The molecule has 0 aliphatic rings. The largest absolute Gasteiger partial charge is 0.481 e. The Kier molecular flexibility index (Phi) is 20.2. The number of hydrogen-bond acceptors (Lipinski definition) is 3. The Balaban J connectivity index is 2.98. The van der Waals surface area contributed by atoms with Gasteiger partial charge in [-0.15, -0.1) is 0 Å². The van der Waals surface area contributed by atoms with Gasteiger partial charge in [0.2, 0.25) is 0 Å². The average Bonchev–Trinajstić information content (AvgIpc) is 2.56. The monoisotopic (exact) mass is 358 g/mol. The van der Waals surface area contributed by atoms with Gasteiger partial charge in [0.1, 0.15) is 0 Å². The zero-order valence-electron chi connectivity index (χ0n) is 15.5. The summed E-state index contributed by atoms with van der Waals surface area (Å²) in [6, 6.07) is 0. The van der Waals surface area contributed by atoms with E-state index in [1.165, 1.54) is 83.5 Å². The lowest BCUT2D eigenvalue weighted by molar-refractivity contribution is -0.137. The second-order valence-corrected chi connectivity index (χ2v) is 7.02. The molecule has 1 N–H and O–H groups in total. The quantitative estimate of drug-likeness (QED) is 0.204. The van der Waals surface area contributed by atoms with Crippen LogP contribution < -0.4 is 0 Å². The molecule has 0 aliphatic carbocycles. The van der Waals surface area contributed by atoms with Gasteiger partial charge in [-0.2, -0.15) is 0 Å². The maximum Gasteiger partial charge on any atom is 0.303 e. The molecular formula is C20H38O3S. The Labute approximate surface area is 154 Å². The predicted octanol–water partition coefficient (Wildman–Crippen LogP) is 6.33. The third-order valence-corrected chi connectivity index (χ3v) is 4.50. The highest BCUT2D eigenvalue weighted by Gasteiger charge is 1.97. The van der Waals surface area contributed by atoms with Crippen molar-refractivity contribution in [1.82, 2.24) is 0 Å². The zero-order valence-corrected chi connectivity index (χ0v) is 16.3. The third-order valence-electron chi connectivity index (χ3n) is 4.37. The summed E-state index contributed by atoms with van der Waals surface area (Å²) in [7, 11) is 0. The van der Waals surface area contributed by atoms with Crippen LogP contribution in [0.1, 0.15) is 103 Å². The van der Waals surface area contributed by atoms with Gasteiger partial charge in [-0.05, 0) is 12.8 Å². The number of carboxylic acids is 1. The highest BCUT2D eigenvalue weighted by Crippen LogP contribution is 2.13. The lowest BCUT2D eigenvalue weighted by atomic mass is 10.0. The minimum absolute atomic E-state index is 0.335. The molecule has 0 fully saturated rings. The minimum atomic E-state index is -0.661. The summed E-state index contributed by atoms with van der Waals surface area (Å²) < 4.78 is 5.33. The maximum absolute atomic E-state index is 10.4. The molecule has 0 saturated heterocycles. The van der Waals surface area contributed by atoms with Gasteiger partial charge >= 0.3 is 5.97 Å². The molecule has 0 aromatic rings. The van der Waals surface area contributed by atoms with Gasteiger partial charge in [0.15, 0.2) is 0 Å². The Hall–Kier alpha value is -0.480. The van der Waals surface area contributed by atoms with E-state index >= 15 is 0 Å². The smallest absolute Gasteiger partial charge is 0.303 e. The molecule has 0 radical (unpaired) electrons. The molecule has 0 spiro atoms. The molecule has 0 rings (SSSR count). The van der Waals surface area contributed by atoms with Gasteiger partial charge in [-0.3, -0.25) is 4.79 Å². The fraction of sp³-hybridized carbons (Fsp3) is 0.900. The molecule has 0 aromatic heterocycles. The Morgan fingerprint density at radius 1 is 0.708 bits per heavy atom. The van der Waals surface area contributed by atoms with Crippen LogP contribution >= 0.6 is 12.2 Å². The Bertz CT molecular complexity index is 282. The number of carboxylic acid groups (broad SMARTS) is 1. The van der Waals surface area contributed by atoms with Crippen molar-refractivity contribution in [1.29, 1.82) is 0 Å². The summed E-state index contributed by atoms with van der Waals surface area (Å²) in [4.78, 5) is 10.4. The first-order valence-corrected chi connectivity index (χ1v) is 10.5. The van der Waals surface area contributed by atoms with E-state index in [2.05, 4.69) is 0 Å². The van der Waals surface area contributed by atoms with Crippen LogP contribution in [0.15, 0.2) is 0 Å². The molecule has 3 nitrogen and oxygen atoms in total. The molecule has 0 aromatic carbocycles. The Morgan fingerprint density at radius 2 is 1.08 bits per heavy atom. The van der Waals surface area contributed by atoms with Crippen LogP contribution in [-0.4, -0.2) is 29.7 Å². The van der Waals surface area contributed by atoms with E-state index in [-0.39, 0.29) is 0 Å². The fourth-order valence-electron chi connectivity index (χ4n) is 2.91. The first-order chi connectivity index (χ1) is 11.8. The molecule has 0 aliphatic heterocycles. The summed E-state index contributed by atoms with van der Waals surface area (Å²) in [5.74, 6) is -0.661. The number of aliphatic carboxylic acids is 1. The van der Waals surface area contributed by atoms with E-state index in [4.69, 9.17) is 22.1 Å². The van der Waals surface area contributed by atoms with Crippen molar-refractivity contribution in [3.63, 3.8) is 0 Å². The van der Waals surface area contributed by atoms with Crippen LogP contribution in [0.2, 0.25) is 0 Å². The maximum atomic E-state index is 10.4. The second kappa shape index (κ2) is 20.6. The average molecular weight is 359 g/mol. The molecule has 0 unspecified atom stereocenters. The highest BCUT2D eigenvalue weighted by molar-refractivity contribution is 7.79. The summed E-state index contributed by atoms with van der Waals surface area (Å²) in [5.41, 5.74) is 0. The van der Waals surface area contributed by atoms with Crippen molar-refractivity contribution in [2.45, 2.75) is 103 Å². The van der Waals surface area contributed by atoms with E-state index in [0.717, 1.165) is 19.4 Å². The van der Waals surface area contributed by atoms with Crippen molar-refractivity contribution < 1.29 is 14.6 Å². The van der Waals surface area contributed by atoms with Gasteiger partial charge in [0.05, 0.1) is 6.61 Å². The summed E-state index contributed by atoms with van der Waals surface area (Å²) in [6.45, 7) is 1.47. The van der Waals surface area contributed by atoms with Gasteiger partial charge in [0, 0.05) is 18.4 Å². The number of hydrogen-bond donors (Lipinski definition) is 1. The predicted molar refractivity (Wildman–Crippen MR) is 106 cm³/mol. The molecule has 142 valence electrons. The molecule has 0 amide bonds. The van der Waals surface area contributed by atoms with Crippen molar-refractivity contribution in [2.24, 2.45) is 0 Å². The van der Waals surface area contributed by atoms with Crippen LogP contribution in [0.5, 0.6) is 0 Å². The minimum Gasteiger partial charge on any atom is -0.481 e. The van der Waals surface area contributed by atoms with Crippen LogP contribution in [0, 0.1) is 0 Å². The fourth-order valence-corrected chi connectivity index (χ4v) is 3.01. The molecule has 0 heterocycles. The molecular weight excluding hydrogens is 320 g/mol. The second-order valence-electron chi connectivity index (χ2n) is 6.69. The number of ether oxygens (including phenoxy) is 1. The summed E-state index contributed by atoms with van der Waals surface area (Å²) in [5, 5.41) is 10.2. The van der Waals surface area contributed by atoms with Crippen LogP contribution in [-0.2, 0) is 9.53 Å². The van der Waals surface area contributed by atoms with E-state index in [1.54, 1.807) is 5.37 Å². The molecule has 0 bridgehead atoms. The Morgan fingerprint density at radius 3 is 1.46 bits per heavy atom. The van der Waals surface area contributed by atoms with Gasteiger partial charge in [-0.1, -0.05) is 95.7 Å². The highest BCUT2D eigenvalue weighted by atomic mass is 32.1. The standard InChI is InChI=1S/C20H38O3S/c21-20(22)16-14-12-10-8-6-4-2-1-3-5-7-9-11-13-15-17-23-18-19-24/h19H,1-18H2,(H,21,22). The van der Waals surface area contributed by atoms with Gasteiger partial charge in [0.25, 0.3) is 0 Å². The first-order valence-electron chi connectivity index (χ1n) is 10.0. The summed E-state index contributed by atoms with van der Waals surface area (Å²) >= 11 is 4.71. The lowest BCUT2D eigenvalue weighted by Crippen LogP contribution is -1.96. The van der Waals surface area contributed by atoms with Crippen molar-refractivity contribution in [3.8, 4) is 0 Å².